The van der Waals surface area contributed by atoms with Gasteiger partial charge in [-0.1, -0.05) is 41.4 Å². The van der Waals surface area contributed by atoms with Gasteiger partial charge in [0.15, 0.2) is 0 Å². The molecule has 1 amide bonds. The van der Waals surface area contributed by atoms with Crippen LogP contribution in [0.3, 0.4) is 0 Å². The van der Waals surface area contributed by atoms with Crippen molar-refractivity contribution in [1.29, 1.82) is 0 Å². The molecule has 0 aliphatic heterocycles. The molecule has 2 aromatic heterocycles. The third kappa shape index (κ3) is 7.28. The van der Waals surface area contributed by atoms with Gasteiger partial charge in [-0.15, -0.1) is 5.10 Å². The van der Waals surface area contributed by atoms with Crippen molar-refractivity contribution in [3.8, 4) is 16.9 Å². The molecule has 0 atom stereocenters. The number of nitrogens with one attached hydrogen (secondary N) is 2. The van der Waals surface area contributed by atoms with Crippen molar-refractivity contribution in [1.82, 2.24) is 20.2 Å². The Morgan fingerprint density at radius 2 is 1.89 bits per heavy atom. The van der Waals surface area contributed by atoms with E-state index >= 15 is 0 Å². The van der Waals surface area contributed by atoms with Gasteiger partial charge in [-0.3, -0.25) is 9.89 Å². The fourth-order valence-corrected chi connectivity index (χ4v) is 4.10. The van der Waals surface area contributed by atoms with Crippen molar-refractivity contribution in [2.75, 3.05) is 11.9 Å². The molecule has 198 valence electrons. The summed E-state index contributed by atoms with van der Waals surface area (Å²) in [5.41, 5.74) is 0.811. The van der Waals surface area contributed by atoms with Gasteiger partial charge in [-0.05, 0) is 62.6 Å². The molecule has 8 nitrogen and oxygen atoms in total. The van der Waals surface area contributed by atoms with E-state index < -0.39 is 11.5 Å². The third-order valence-electron chi connectivity index (χ3n) is 5.58. The number of hydrogen-bond donors (Lipinski definition) is 3. The number of hydrogen-bond acceptors (Lipinski definition) is 6. The first kappa shape index (κ1) is 27.5. The standard InChI is InChI=1S/C27H26Cl2FN5O3/c1-27(2,37)10-5-11-38-17-8-9-20(28)18(13-17)19-14-23(31-15-21(19)29)33-26(36)25-32-24(34-35-25)12-16-6-3-4-7-22(16)30/h3-4,6-9,13-15,37H,5,10-12H2,1-2H3,(H,31,33,36)(H,32,34,35). The first-order valence-corrected chi connectivity index (χ1v) is 12.6. The van der Waals surface area contributed by atoms with E-state index in [1.165, 1.54) is 12.3 Å². The summed E-state index contributed by atoms with van der Waals surface area (Å²) in [5, 5.41) is 19.9. The number of aromatic amines is 1. The highest BCUT2D eigenvalue weighted by Crippen LogP contribution is 2.36. The Labute approximate surface area is 229 Å². The number of carbonyl (C=O) groups is 1. The van der Waals surface area contributed by atoms with E-state index in [0.717, 1.165) is 0 Å². The highest BCUT2D eigenvalue weighted by molar-refractivity contribution is 6.36. The van der Waals surface area contributed by atoms with E-state index in [4.69, 9.17) is 27.9 Å². The van der Waals surface area contributed by atoms with Crippen LogP contribution in [-0.2, 0) is 6.42 Å². The van der Waals surface area contributed by atoms with E-state index in [1.54, 1.807) is 56.3 Å². The molecule has 0 saturated carbocycles. The minimum Gasteiger partial charge on any atom is -0.494 e. The van der Waals surface area contributed by atoms with E-state index in [0.29, 0.717) is 57.8 Å². The summed E-state index contributed by atoms with van der Waals surface area (Å²) in [4.78, 5) is 21.1. The lowest BCUT2D eigenvalue weighted by Crippen LogP contribution is -2.19. The second kappa shape index (κ2) is 11.9. The molecule has 4 rings (SSSR count). The molecule has 2 aromatic carbocycles. The smallest absolute Gasteiger partial charge is 0.296 e. The Morgan fingerprint density at radius 1 is 1.13 bits per heavy atom. The van der Waals surface area contributed by atoms with Gasteiger partial charge in [0.05, 0.1) is 17.2 Å². The Kier molecular flexibility index (Phi) is 8.61. The quantitative estimate of drug-likeness (QED) is 0.203. The molecular formula is C27H26Cl2FN5O3. The van der Waals surface area contributed by atoms with E-state index in [1.807, 2.05) is 0 Å². The number of carbonyl (C=O) groups excluding carboxylic acids is 1. The SMILES string of the molecule is CC(C)(O)CCCOc1ccc(Cl)c(-c2cc(NC(=O)c3n[nH]c(Cc4ccccc4F)n3)ncc2Cl)c1. The lowest BCUT2D eigenvalue weighted by atomic mass is 10.0. The highest BCUT2D eigenvalue weighted by Gasteiger charge is 2.17. The van der Waals surface area contributed by atoms with E-state index in [2.05, 4.69) is 25.5 Å². The monoisotopic (exact) mass is 557 g/mol. The predicted octanol–water partition coefficient (Wildman–Crippen LogP) is 6.09. The van der Waals surface area contributed by atoms with Crippen LogP contribution in [0.4, 0.5) is 10.2 Å². The van der Waals surface area contributed by atoms with Gasteiger partial charge >= 0.3 is 0 Å². The van der Waals surface area contributed by atoms with Crippen LogP contribution in [0.15, 0.2) is 54.7 Å². The van der Waals surface area contributed by atoms with Crippen LogP contribution in [0.25, 0.3) is 11.1 Å². The van der Waals surface area contributed by atoms with Crippen LogP contribution < -0.4 is 10.1 Å². The maximum Gasteiger partial charge on any atom is 0.296 e. The maximum absolute atomic E-state index is 13.9. The summed E-state index contributed by atoms with van der Waals surface area (Å²) in [6.07, 6.45) is 2.84. The number of benzene rings is 2. The van der Waals surface area contributed by atoms with E-state index in [9.17, 15) is 14.3 Å². The van der Waals surface area contributed by atoms with Gasteiger partial charge in [0.25, 0.3) is 5.91 Å². The van der Waals surface area contributed by atoms with Gasteiger partial charge in [0.1, 0.15) is 23.2 Å². The summed E-state index contributed by atoms with van der Waals surface area (Å²) in [6, 6.07) is 13.1. The van der Waals surface area contributed by atoms with Crippen LogP contribution in [0.5, 0.6) is 5.75 Å². The molecule has 38 heavy (non-hydrogen) atoms. The fourth-order valence-electron chi connectivity index (χ4n) is 3.68. The van der Waals surface area contributed by atoms with E-state index in [-0.39, 0.29) is 23.9 Å². The van der Waals surface area contributed by atoms with Crippen LogP contribution >= 0.6 is 23.2 Å². The summed E-state index contributed by atoms with van der Waals surface area (Å²) >= 11 is 12.9. The number of halogens is 3. The summed E-state index contributed by atoms with van der Waals surface area (Å²) < 4.78 is 19.7. The van der Waals surface area contributed by atoms with Gasteiger partial charge in [0.2, 0.25) is 5.82 Å². The first-order chi connectivity index (χ1) is 18.1. The molecule has 0 radical (unpaired) electrons. The number of H-pyrrole nitrogens is 1. The van der Waals surface area contributed by atoms with Crippen molar-refractivity contribution >= 4 is 34.9 Å². The average molecular weight is 558 g/mol. The Balaban J connectivity index is 1.46. The van der Waals surface area contributed by atoms with Crippen LogP contribution in [0.1, 0.15) is 48.7 Å². The summed E-state index contributed by atoms with van der Waals surface area (Å²) in [7, 11) is 0. The fraction of sp³-hybridized carbons (Fsp3) is 0.259. The van der Waals surface area contributed by atoms with Gasteiger partial charge < -0.3 is 15.2 Å². The first-order valence-electron chi connectivity index (χ1n) is 11.9. The molecule has 3 N–H and O–H groups in total. The molecule has 0 aliphatic rings. The molecule has 11 heteroatoms. The number of ether oxygens (including phenoxy) is 1. The molecular weight excluding hydrogens is 532 g/mol. The van der Waals surface area contributed by atoms with Crippen molar-refractivity contribution in [2.45, 2.75) is 38.7 Å². The van der Waals surface area contributed by atoms with Crippen LogP contribution in [0, 0.1) is 5.82 Å². The number of aliphatic hydroxyl groups is 1. The molecule has 4 aromatic rings. The zero-order valence-electron chi connectivity index (χ0n) is 20.8. The zero-order valence-corrected chi connectivity index (χ0v) is 22.3. The lowest BCUT2D eigenvalue weighted by molar-refractivity contribution is 0.0641. The lowest BCUT2D eigenvalue weighted by Gasteiger charge is -2.17. The maximum atomic E-state index is 13.9. The van der Waals surface area contributed by atoms with Gasteiger partial charge in [0, 0.05) is 28.8 Å². The number of aromatic nitrogens is 4. The number of anilines is 1. The molecule has 0 aliphatic carbocycles. The molecule has 2 heterocycles. The Hall–Kier alpha value is -3.53. The predicted molar refractivity (Wildman–Crippen MR) is 144 cm³/mol. The minimum absolute atomic E-state index is 0.117. The van der Waals surface area contributed by atoms with Crippen LogP contribution in [-0.4, -0.2) is 43.4 Å². The second-order valence-electron chi connectivity index (χ2n) is 9.28. The molecule has 0 saturated heterocycles. The Morgan fingerprint density at radius 3 is 2.66 bits per heavy atom. The number of amides is 1. The van der Waals surface area contributed by atoms with Gasteiger partial charge in [-0.2, -0.15) is 0 Å². The summed E-state index contributed by atoms with van der Waals surface area (Å²) in [5.74, 6) is 0.0567. The third-order valence-corrected chi connectivity index (χ3v) is 6.21. The molecule has 0 unspecified atom stereocenters. The molecule has 0 spiro atoms. The van der Waals surface area contributed by atoms with Crippen molar-refractivity contribution in [3.05, 3.63) is 87.8 Å². The summed E-state index contributed by atoms with van der Waals surface area (Å²) in [6.45, 7) is 3.93. The van der Waals surface area contributed by atoms with Crippen molar-refractivity contribution in [3.63, 3.8) is 0 Å². The zero-order chi connectivity index (χ0) is 27.3. The average Bonchev–Trinajstić information content (AvgIpc) is 3.34. The number of rotatable bonds is 10. The molecule has 0 bridgehead atoms. The normalized spacial score (nSPS) is 11.4. The topological polar surface area (TPSA) is 113 Å². The van der Waals surface area contributed by atoms with Gasteiger partial charge in [-0.25, -0.2) is 14.4 Å². The number of nitrogens with zero attached hydrogens (tertiary/aromatic N) is 3. The minimum atomic E-state index is -0.757. The largest absolute Gasteiger partial charge is 0.494 e. The molecule has 0 fully saturated rings. The Bertz CT molecular complexity index is 1440. The number of pyridine rings is 1. The second-order valence-corrected chi connectivity index (χ2v) is 10.1. The van der Waals surface area contributed by atoms with Crippen molar-refractivity contribution in [2.24, 2.45) is 0 Å². The van der Waals surface area contributed by atoms with Crippen molar-refractivity contribution < 1.29 is 19.0 Å². The highest BCUT2D eigenvalue weighted by atomic mass is 35.5. The van der Waals surface area contributed by atoms with Crippen LogP contribution in [0.2, 0.25) is 10.0 Å².